The molecule has 0 radical (unpaired) electrons. The Balaban J connectivity index is 1.75. The molecule has 1 aromatic carbocycles. The van der Waals surface area contributed by atoms with Crippen molar-refractivity contribution in [1.29, 1.82) is 0 Å². The molecule has 1 heterocycles. The highest BCUT2D eigenvalue weighted by atomic mass is 16.5. The summed E-state index contributed by atoms with van der Waals surface area (Å²) in [5.41, 5.74) is 0.683. The lowest BCUT2D eigenvalue weighted by atomic mass is 10.1. The monoisotopic (exact) mass is 262 g/mol. The summed E-state index contributed by atoms with van der Waals surface area (Å²) >= 11 is 0. The molecule has 0 aromatic heterocycles. The van der Waals surface area contributed by atoms with Crippen LogP contribution in [0.1, 0.15) is 36.5 Å². The van der Waals surface area contributed by atoms with E-state index in [1.54, 1.807) is 12.1 Å². The van der Waals surface area contributed by atoms with Gasteiger partial charge in [0.15, 0.2) is 0 Å². The van der Waals surface area contributed by atoms with Gasteiger partial charge in [0.25, 0.3) is 5.91 Å². The number of amides is 1. The van der Waals surface area contributed by atoms with E-state index < -0.39 is 0 Å². The second-order valence-electron chi connectivity index (χ2n) is 4.80. The fraction of sp³-hybridized carbons (Fsp3) is 0.533. The smallest absolute Gasteiger partial charge is 0.251 e. The maximum Gasteiger partial charge on any atom is 0.251 e. The second kappa shape index (κ2) is 7.14. The molecule has 0 unspecified atom stereocenters. The van der Waals surface area contributed by atoms with Crippen LogP contribution in [0.2, 0.25) is 0 Å². The molecule has 4 nitrogen and oxygen atoms in total. The first kappa shape index (κ1) is 13.9. The van der Waals surface area contributed by atoms with Crippen molar-refractivity contribution in [3.05, 3.63) is 29.8 Å². The summed E-state index contributed by atoms with van der Waals surface area (Å²) in [5, 5.41) is 6.38. The van der Waals surface area contributed by atoms with Gasteiger partial charge in [0.1, 0.15) is 5.75 Å². The minimum Gasteiger partial charge on any atom is -0.494 e. The fourth-order valence-electron chi connectivity index (χ4n) is 2.33. The molecule has 1 atom stereocenters. The van der Waals surface area contributed by atoms with Gasteiger partial charge in [0.05, 0.1) is 6.61 Å². The van der Waals surface area contributed by atoms with Crippen LogP contribution in [0.25, 0.3) is 0 Å². The first-order valence-corrected chi connectivity index (χ1v) is 7.04. The summed E-state index contributed by atoms with van der Waals surface area (Å²) in [4.78, 5) is 11.9. The molecule has 1 fully saturated rings. The zero-order valence-electron chi connectivity index (χ0n) is 11.4. The van der Waals surface area contributed by atoms with Crippen LogP contribution in [0.4, 0.5) is 0 Å². The topological polar surface area (TPSA) is 50.4 Å². The molecule has 1 aromatic rings. The predicted octanol–water partition coefficient (Wildman–Crippen LogP) is 1.96. The van der Waals surface area contributed by atoms with E-state index in [1.807, 2.05) is 19.1 Å². The van der Waals surface area contributed by atoms with Gasteiger partial charge in [0, 0.05) is 18.2 Å². The summed E-state index contributed by atoms with van der Waals surface area (Å²) in [7, 11) is 0. The van der Waals surface area contributed by atoms with Crippen molar-refractivity contribution in [2.24, 2.45) is 0 Å². The standard InChI is InChI=1S/C15H22N2O2/c1-2-19-14-7-5-12(6-8-14)15(18)17-11-9-13-4-3-10-16-13/h5-8,13,16H,2-4,9-11H2,1H3,(H,17,18)/t13-/m1/s1. The summed E-state index contributed by atoms with van der Waals surface area (Å²) in [6.45, 7) is 4.42. The van der Waals surface area contributed by atoms with Crippen molar-refractivity contribution in [2.45, 2.75) is 32.2 Å². The summed E-state index contributed by atoms with van der Waals surface area (Å²) in [6.07, 6.45) is 3.47. The Morgan fingerprint density at radius 1 is 1.42 bits per heavy atom. The van der Waals surface area contributed by atoms with Crippen molar-refractivity contribution < 1.29 is 9.53 Å². The van der Waals surface area contributed by atoms with Crippen LogP contribution in [-0.4, -0.2) is 31.6 Å². The Morgan fingerprint density at radius 2 is 2.21 bits per heavy atom. The van der Waals surface area contributed by atoms with Crippen LogP contribution in [0, 0.1) is 0 Å². The molecule has 0 saturated carbocycles. The van der Waals surface area contributed by atoms with Crippen LogP contribution in [0.3, 0.4) is 0 Å². The first-order chi connectivity index (χ1) is 9.29. The van der Waals surface area contributed by atoms with Gasteiger partial charge >= 0.3 is 0 Å². The number of carbonyl (C=O) groups excluding carboxylic acids is 1. The van der Waals surface area contributed by atoms with Gasteiger partial charge in [-0.3, -0.25) is 4.79 Å². The summed E-state index contributed by atoms with van der Waals surface area (Å²) < 4.78 is 5.35. The molecule has 1 aliphatic rings. The van der Waals surface area contributed by atoms with Crippen LogP contribution in [0.5, 0.6) is 5.75 Å². The second-order valence-corrected chi connectivity index (χ2v) is 4.80. The van der Waals surface area contributed by atoms with Gasteiger partial charge in [0.2, 0.25) is 0 Å². The molecule has 2 rings (SSSR count). The van der Waals surface area contributed by atoms with E-state index in [0.717, 1.165) is 25.3 Å². The van der Waals surface area contributed by atoms with E-state index in [2.05, 4.69) is 10.6 Å². The zero-order valence-corrected chi connectivity index (χ0v) is 11.4. The Labute approximate surface area is 114 Å². The highest BCUT2D eigenvalue weighted by molar-refractivity contribution is 5.94. The van der Waals surface area contributed by atoms with Gasteiger partial charge in [-0.1, -0.05) is 0 Å². The first-order valence-electron chi connectivity index (χ1n) is 7.04. The molecule has 1 saturated heterocycles. The summed E-state index contributed by atoms with van der Waals surface area (Å²) in [5.74, 6) is 0.787. The third-order valence-electron chi connectivity index (χ3n) is 3.37. The predicted molar refractivity (Wildman–Crippen MR) is 75.6 cm³/mol. The van der Waals surface area contributed by atoms with E-state index >= 15 is 0 Å². The average Bonchev–Trinajstić information content (AvgIpc) is 2.93. The Hall–Kier alpha value is -1.55. The minimum atomic E-state index is -0.0129. The van der Waals surface area contributed by atoms with E-state index in [9.17, 15) is 4.79 Å². The van der Waals surface area contributed by atoms with E-state index in [4.69, 9.17) is 4.74 Å². The van der Waals surface area contributed by atoms with Crippen LogP contribution >= 0.6 is 0 Å². The van der Waals surface area contributed by atoms with Gasteiger partial charge < -0.3 is 15.4 Å². The highest BCUT2D eigenvalue weighted by Gasteiger charge is 2.13. The number of nitrogens with one attached hydrogen (secondary N) is 2. The third-order valence-corrected chi connectivity index (χ3v) is 3.37. The minimum absolute atomic E-state index is 0.0129. The summed E-state index contributed by atoms with van der Waals surface area (Å²) in [6, 6.07) is 7.83. The molecule has 104 valence electrons. The number of hydrogen-bond donors (Lipinski definition) is 2. The SMILES string of the molecule is CCOc1ccc(C(=O)NCC[C@H]2CCCN2)cc1. The molecule has 0 aliphatic carbocycles. The molecule has 0 spiro atoms. The highest BCUT2D eigenvalue weighted by Crippen LogP contribution is 2.12. The molecular formula is C15H22N2O2. The van der Waals surface area contributed by atoms with Crippen molar-refractivity contribution in [1.82, 2.24) is 10.6 Å². The number of benzene rings is 1. The Bertz CT molecular complexity index is 397. The van der Waals surface area contributed by atoms with Gasteiger partial charge in [-0.25, -0.2) is 0 Å². The number of ether oxygens (including phenoxy) is 1. The van der Waals surface area contributed by atoms with E-state index in [1.165, 1.54) is 12.8 Å². The maximum absolute atomic E-state index is 11.9. The molecule has 1 amide bonds. The van der Waals surface area contributed by atoms with Crippen molar-refractivity contribution in [2.75, 3.05) is 19.7 Å². The molecule has 4 heteroatoms. The van der Waals surface area contributed by atoms with Crippen LogP contribution in [-0.2, 0) is 0 Å². The van der Waals surface area contributed by atoms with E-state index in [-0.39, 0.29) is 5.91 Å². The third kappa shape index (κ3) is 4.24. The number of hydrogen-bond acceptors (Lipinski definition) is 3. The van der Waals surface area contributed by atoms with E-state index in [0.29, 0.717) is 18.2 Å². The molecular weight excluding hydrogens is 240 g/mol. The van der Waals surface area contributed by atoms with Gasteiger partial charge in [-0.2, -0.15) is 0 Å². The molecule has 19 heavy (non-hydrogen) atoms. The maximum atomic E-state index is 11.9. The average molecular weight is 262 g/mol. The van der Waals surface area contributed by atoms with Gasteiger partial charge in [-0.05, 0) is 57.0 Å². The van der Waals surface area contributed by atoms with Crippen molar-refractivity contribution in [3.8, 4) is 5.75 Å². The number of carbonyl (C=O) groups is 1. The van der Waals surface area contributed by atoms with Crippen molar-refractivity contribution >= 4 is 5.91 Å². The lowest BCUT2D eigenvalue weighted by molar-refractivity contribution is 0.0952. The molecule has 1 aliphatic heterocycles. The molecule has 2 N–H and O–H groups in total. The number of rotatable bonds is 6. The largest absolute Gasteiger partial charge is 0.494 e. The lowest BCUT2D eigenvalue weighted by Crippen LogP contribution is -2.30. The van der Waals surface area contributed by atoms with Gasteiger partial charge in [-0.15, -0.1) is 0 Å². The van der Waals surface area contributed by atoms with Crippen molar-refractivity contribution in [3.63, 3.8) is 0 Å². The normalized spacial score (nSPS) is 18.3. The lowest BCUT2D eigenvalue weighted by Gasteiger charge is -2.11. The van der Waals surface area contributed by atoms with Crippen LogP contribution in [0.15, 0.2) is 24.3 Å². The Morgan fingerprint density at radius 3 is 2.84 bits per heavy atom. The fourth-order valence-corrected chi connectivity index (χ4v) is 2.33. The Kier molecular flexibility index (Phi) is 5.21. The molecule has 0 bridgehead atoms. The zero-order chi connectivity index (χ0) is 13.5. The van der Waals surface area contributed by atoms with Crippen LogP contribution < -0.4 is 15.4 Å². The quantitative estimate of drug-likeness (QED) is 0.824.